The molecule has 1 heterocycles. The largest absolute Gasteiger partial charge is 0.391 e. The number of nitrogens with one attached hydrogen (secondary N) is 1. The highest BCUT2D eigenvalue weighted by molar-refractivity contribution is 7.99. The van der Waals surface area contributed by atoms with Crippen molar-refractivity contribution < 1.29 is 5.11 Å². The van der Waals surface area contributed by atoms with E-state index in [0.717, 1.165) is 11.6 Å². The Morgan fingerprint density at radius 2 is 2.18 bits per heavy atom. The van der Waals surface area contributed by atoms with Crippen molar-refractivity contribution in [3.8, 4) is 0 Å². The van der Waals surface area contributed by atoms with Crippen LogP contribution in [0.15, 0.2) is 23.4 Å². The average Bonchev–Trinajstić information content (AvgIpc) is 2.28. The summed E-state index contributed by atoms with van der Waals surface area (Å²) in [7, 11) is 0. The molecule has 1 rings (SSSR count). The molecule has 0 aliphatic rings. The van der Waals surface area contributed by atoms with E-state index in [1.165, 1.54) is 11.8 Å². The molecule has 17 heavy (non-hydrogen) atoms. The molecule has 0 bridgehead atoms. The molecule has 1 aromatic rings. The maximum atomic E-state index is 9.74. The third-order valence-corrected chi connectivity index (χ3v) is 3.37. The minimum Gasteiger partial charge on any atom is -0.391 e. The SMILES string of the molecule is CC(C)CNCC(O)CSc1ccc(Cl)cn1. The molecule has 1 aromatic heterocycles. The number of nitrogens with zero attached hydrogens (tertiary/aromatic N) is 1. The molecule has 3 nitrogen and oxygen atoms in total. The van der Waals surface area contributed by atoms with Crippen LogP contribution >= 0.6 is 23.4 Å². The van der Waals surface area contributed by atoms with E-state index in [1.807, 2.05) is 6.07 Å². The molecule has 5 heteroatoms. The second-order valence-corrected chi connectivity index (χ2v) is 5.81. The van der Waals surface area contributed by atoms with E-state index in [-0.39, 0.29) is 6.10 Å². The first-order valence-electron chi connectivity index (χ1n) is 5.71. The first-order valence-corrected chi connectivity index (χ1v) is 7.07. The Kier molecular flexibility index (Phi) is 6.89. The lowest BCUT2D eigenvalue weighted by atomic mass is 10.2. The number of halogens is 1. The van der Waals surface area contributed by atoms with Crippen LogP contribution in [-0.2, 0) is 0 Å². The van der Waals surface area contributed by atoms with E-state index in [9.17, 15) is 5.11 Å². The van der Waals surface area contributed by atoms with Crippen molar-refractivity contribution in [2.24, 2.45) is 5.92 Å². The number of thioether (sulfide) groups is 1. The maximum Gasteiger partial charge on any atom is 0.0961 e. The van der Waals surface area contributed by atoms with Gasteiger partial charge in [0.2, 0.25) is 0 Å². The third-order valence-electron chi connectivity index (χ3n) is 2.06. The first kappa shape index (κ1) is 14.8. The Balaban J connectivity index is 2.19. The summed E-state index contributed by atoms with van der Waals surface area (Å²) in [6, 6.07) is 3.67. The van der Waals surface area contributed by atoms with E-state index in [0.29, 0.717) is 23.2 Å². The van der Waals surface area contributed by atoms with E-state index < -0.39 is 0 Å². The van der Waals surface area contributed by atoms with Crippen LogP contribution < -0.4 is 5.32 Å². The number of pyridine rings is 1. The van der Waals surface area contributed by atoms with E-state index in [1.54, 1.807) is 12.3 Å². The fourth-order valence-electron chi connectivity index (χ4n) is 1.23. The number of aliphatic hydroxyl groups is 1. The highest BCUT2D eigenvalue weighted by Crippen LogP contribution is 2.17. The van der Waals surface area contributed by atoms with Crippen molar-refractivity contribution in [2.75, 3.05) is 18.8 Å². The minimum atomic E-state index is -0.351. The maximum absolute atomic E-state index is 9.74. The summed E-state index contributed by atoms with van der Waals surface area (Å²) >= 11 is 7.28. The number of aromatic nitrogens is 1. The zero-order valence-corrected chi connectivity index (χ0v) is 11.8. The highest BCUT2D eigenvalue weighted by Gasteiger charge is 2.05. The van der Waals surface area contributed by atoms with Crippen LogP contribution in [0.1, 0.15) is 13.8 Å². The lowest BCUT2D eigenvalue weighted by molar-refractivity contribution is 0.194. The molecular weight excluding hydrogens is 256 g/mol. The van der Waals surface area contributed by atoms with Gasteiger partial charge in [0, 0.05) is 18.5 Å². The molecular formula is C12H19ClN2OS. The van der Waals surface area contributed by atoms with Gasteiger partial charge in [-0.1, -0.05) is 25.4 Å². The molecule has 0 amide bonds. The van der Waals surface area contributed by atoms with Gasteiger partial charge in [0.05, 0.1) is 16.2 Å². The summed E-state index contributed by atoms with van der Waals surface area (Å²) in [4.78, 5) is 4.16. The van der Waals surface area contributed by atoms with Crippen molar-refractivity contribution in [1.29, 1.82) is 0 Å². The van der Waals surface area contributed by atoms with Gasteiger partial charge in [-0.15, -0.1) is 11.8 Å². The van der Waals surface area contributed by atoms with Gasteiger partial charge in [-0.05, 0) is 24.6 Å². The summed E-state index contributed by atoms with van der Waals surface area (Å²) < 4.78 is 0. The van der Waals surface area contributed by atoms with E-state index in [2.05, 4.69) is 24.1 Å². The van der Waals surface area contributed by atoms with Gasteiger partial charge < -0.3 is 10.4 Å². The van der Waals surface area contributed by atoms with Gasteiger partial charge in [-0.25, -0.2) is 4.98 Å². The van der Waals surface area contributed by atoms with Crippen LogP contribution in [-0.4, -0.2) is 35.0 Å². The van der Waals surface area contributed by atoms with Gasteiger partial charge in [-0.3, -0.25) is 0 Å². The predicted molar refractivity (Wildman–Crippen MR) is 73.7 cm³/mol. The second kappa shape index (κ2) is 7.93. The molecule has 96 valence electrons. The van der Waals surface area contributed by atoms with Gasteiger partial charge in [0.1, 0.15) is 0 Å². The standard InChI is InChI=1S/C12H19ClN2OS/c1-9(2)5-14-7-11(16)8-17-12-4-3-10(13)6-15-12/h3-4,6,9,11,14,16H,5,7-8H2,1-2H3. The summed E-state index contributed by atoms with van der Waals surface area (Å²) in [6.45, 7) is 5.84. The van der Waals surface area contributed by atoms with Crippen molar-refractivity contribution in [3.05, 3.63) is 23.4 Å². The number of hydrogen-bond donors (Lipinski definition) is 2. The lowest BCUT2D eigenvalue weighted by Crippen LogP contribution is -2.31. The first-order chi connectivity index (χ1) is 8.08. The fourth-order valence-corrected chi connectivity index (χ4v) is 2.11. The van der Waals surface area contributed by atoms with E-state index >= 15 is 0 Å². The monoisotopic (exact) mass is 274 g/mol. The van der Waals surface area contributed by atoms with E-state index in [4.69, 9.17) is 11.6 Å². The molecule has 0 saturated heterocycles. The Labute approximate surface area is 112 Å². The Morgan fingerprint density at radius 1 is 1.41 bits per heavy atom. The fraction of sp³-hybridized carbons (Fsp3) is 0.583. The van der Waals surface area contributed by atoms with Crippen molar-refractivity contribution in [3.63, 3.8) is 0 Å². The van der Waals surface area contributed by atoms with Crippen LogP contribution in [0.3, 0.4) is 0 Å². The zero-order valence-electron chi connectivity index (χ0n) is 10.2. The smallest absolute Gasteiger partial charge is 0.0961 e. The highest BCUT2D eigenvalue weighted by atomic mass is 35.5. The molecule has 0 fully saturated rings. The normalized spacial score (nSPS) is 13.0. The molecule has 0 aromatic carbocycles. The average molecular weight is 275 g/mol. The van der Waals surface area contributed by atoms with Gasteiger partial charge in [0.25, 0.3) is 0 Å². The topological polar surface area (TPSA) is 45.1 Å². The molecule has 0 spiro atoms. The molecule has 0 saturated carbocycles. The Bertz CT molecular complexity index is 319. The molecule has 0 radical (unpaired) electrons. The quantitative estimate of drug-likeness (QED) is 0.750. The summed E-state index contributed by atoms with van der Waals surface area (Å²) in [5.74, 6) is 1.24. The predicted octanol–water partition coefficient (Wildman–Crippen LogP) is 2.43. The molecule has 1 unspecified atom stereocenters. The third kappa shape index (κ3) is 6.88. The van der Waals surface area contributed by atoms with Gasteiger partial charge in [-0.2, -0.15) is 0 Å². The summed E-state index contributed by atoms with van der Waals surface area (Å²) in [5, 5.41) is 14.5. The zero-order chi connectivity index (χ0) is 12.7. The van der Waals surface area contributed by atoms with Gasteiger partial charge in [0.15, 0.2) is 0 Å². The molecule has 0 aliphatic carbocycles. The van der Waals surface area contributed by atoms with Crippen LogP contribution in [0.5, 0.6) is 0 Å². The van der Waals surface area contributed by atoms with Crippen LogP contribution in [0.2, 0.25) is 5.02 Å². The van der Waals surface area contributed by atoms with Crippen molar-refractivity contribution in [1.82, 2.24) is 10.3 Å². The number of hydrogen-bond acceptors (Lipinski definition) is 4. The van der Waals surface area contributed by atoms with Crippen LogP contribution in [0.4, 0.5) is 0 Å². The van der Waals surface area contributed by atoms with Gasteiger partial charge >= 0.3 is 0 Å². The number of rotatable bonds is 7. The minimum absolute atomic E-state index is 0.351. The van der Waals surface area contributed by atoms with Crippen molar-refractivity contribution in [2.45, 2.75) is 25.0 Å². The molecule has 2 N–H and O–H groups in total. The number of aliphatic hydroxyl groups excluding tert-OH is 1. The summed E-state index contributed by atoms with van der Waals surface area (Å²) in [6.07, 6.45) is 1.27. The second-order valence-electron chi connectivity index (χ2n) is 4.33. The molecule has 1 atom stereocenters. The Hall–Kier alpha value is -0.290. The summed E-state index contributed by atoms with van der Waals surface area (Å²) in [5.41, 5.74) is 0. The Morgan fingerprint density at radius 3 is 2.76 bits per heavy atom. The van der Waals surface area contributed by atoms with Crippen LogP contribution in [0.25, 0.3) is 0 Å². The lowest BCUT2D eigenvalue weighted by Gasteiger charge is -2.12. The van der Waals surface area contributed by atoms with Crippen molar-refractivity contribution >= 4 is 23.4 Å². The van der Waals surface area contributed by atoms with Crippen LogP contribution in [0, 0.1) is 5.92 Å². The molecule has 0 aliphatic heterocycles.